The van der Waals surface area contributed by atoms with Crippen LogP contribution < -0.4 is 5.40 Å². The van der Waals surface area contributed by atoms with E-state index in [0.29, 0.717) is 0 Å². The summed E-state index contributed by atoms with van der Waals surface area (Å²) in [5, 5.41) is 12.5. The van der Waals surface area contributed by atoms with Crippen molar-refractivity contribution < 1.29 is 14.7 Å². The average Bonchev–Trinajstić information content (AvgIpc) is 1.68. The third kappa shape index (κ3) is 18.8. The SMILES string of the molecule is CC(=O)CC(=O)O.N[SiH3]. The quantitative estimate of drug-likeness (QED) is 0.361. The minimum atomic E-state index is -1.06. The summed E-state index contributed by atoms with van der Waals surface area (Å²) in [6.45, 7) is 1.24. The number of nitrogens with two attached hydrogens (primary N) is 1. The molecule has 0 amide bonds. The molecule has 0 rings (SSSR count). The van der Waals surface area contributed by atoms with Gasteiger partial charge in [-0.05, 0) is 6.92 Å². The molecule has 0 saturated carbocycles. The largest absolute Gasteiger partial charge is 0.481 e. The Morgan fingerprint density at radius 3 is 1.89 bits per heavy atom. The zero-order valence-corrected chi connectivity index (χ0v) is 7.55. The molecule has 0 radical (unpaired) electrons. The topological polar surface area (TPSA) is 80.4 Å². The highest BCUT2D eigenvalue weighted by Gasteiger charge is 1.98. The summed E-state index contributed by atoms with van der Waals surface area (Å²) >= 11 is 0. The van der Waals surface area contributed by atoms with Gasteiger partial charge in [0.2, 0.25) is 0 Å². The lowest BCUT2D eigenvalue weighted by Crippen LogP contribution is -2.00. The second kappa shape index (κ2) is 7.32. The van der Waals surface area contributed by atoms with Gasteiger partial charge in [-0.25, -0.2) is 0 Å². The molecule has 0 spiro atoms. The van der Waals surface area contributed by atoms with Crippen LogP contribution >= 0.6 is 0 Å². The summed E-state index contributed by atoms with van der Waals surface area (Å²) in [5.41, 5.74) is 0. The fraction of sp³-hybridized carbons (Fsp3) is 0.500. The van der Waals surface area contributed by atoms with Crippen molar-refractivity contribution >= 4 is 22.2 Å². The highest BCUT2D eigenvalue weighted by Crippen LogP contribution is 1.77. The standard InChI is InChI=1S/C4H6O3.H5NSi/c1-3(5)2-4(6)7;1-2/h2H2,1H3,(H,6,7);1H2,2H3. The lowest BCUT2D eigenvalue weighted by molar-refractivity contribution is -0.139. The molecule has 3 N–H and O–H groups in total. The van der Waals surface area contributed by atoms with Crippen LogP contribution in [0.4, 0.5) is 0 Å². The van der Waals surface area contributed by atoms with Crippen molar-refractivity contribution in [3.8, 4) is 0 Å². The summed E-state index contributed by atoms with van der Waals surface area (Å²) in [5.74, 6) is -1.37. The lowest BCUT2D eigenvalue weighted by atomic mass is 10.3. The molecule has 9 heavy (non-hydrogen) atoms. The molecule has 54 valence electrons. The number of carboxylic acids is 1. The van der Waals surface area contributed by atoms with E-state index >= 15 is 0 Å². The molecular formula is C4H11NO3Si. The van der Waals surface area contributed by atoms with Crippen LogP contribution in [0.2, 0.25) is 0 Å². The van der Waals surface area contributed by atoms with Gasteiger partial charge in [0.05, 0.1) is 10.4 Å². The van der Waals surface area contributed by atoms with Gasteiger partial charge in [0.25, 0.3) is 0 Å². The van der Waals surface area contributed by atoms with Crippen LogP contribution in [0.5, 0.6) is 0 Å². The van der Waals surface area contributed by atoms with E-state index < -0.39 is 5.97 Å². The Balaban J connectivity index is 0. The summed E-state index contributed by atoms with van der Waals surface area (Å²) in [7, 11) is 0.806. The molecule has 0 saturated heterocycles. The van der Waals surface area contributed by atoms with Crippen molar-refractivity contribution in [3.63, 3.8) is 0 Å². The molecule has 0 unspecified atom stereocenters. The summed E-state index contributed by atoms with van der Waals surface area (Å²) in [6, 6.07) is 0. The van der Waals surface area contributed by atoms with Crippen molar-refractivity contribution in [1.82, 2.24) is 0 Å². The second-order valence-electron chi connectivity index (χ2n) is 1.27. The minimum Gasteiger partial charge on any atom is -0.481 e. The van der Waals surface area contributed by atoms with Gasteiger partial charge in [-0.15, -0.1) is 0 Å². The fourth-order valence-corrected chi connectivity index (χ4v) is 0.213. The van der Waals surface area contributed by atoms with Crippen molar-refractivity contribution in [2.24, 2.45) is 5.40 Å². The van der Waals surface area contributed by atoms with E-state index in [-0.39, 0.29) is 12.2 Å². The van der Waals surface area contributed by atoms with Crippen molar-refractivity contribution in [2.75, 3.05) is 0 Å². The molecule has 0 aliphatic carbocycles. The number of carboxylic acid groups (broad SMARTS) is 1. The third-order valence-electron chi connectivity index (χ3n) is 0.400. The Hall–Kier alpha value is -0.683. The van der Waals surface area contributed by atoms with Crippen LogP contribution in [0.25, 0.3) is 0 Å². The van der Waals surface area contributed by atoms with Crippen molar-refractivity contribution in [1.29, 1.82) is 0 Å². The van der Waals surface area contributed by atoms with Crippen molar-refractivity contribution in [3.05, 3.63) is 0 Å². The van der Waals surface area contributed by atoms with E-state index in [2.05, 4.69) is 5.40 Å². The van der Waals surface area contributed by atoms with E-state index in [9.17, 15) is 9.59 Å². The molecular weight excluding hydrogens is 138 g/mol. The molecule has 0 aliphatic rings. The van der Waals surface area contributed by atoms with Crippen LogP contribution in [0.15, 0.2) is 0 Å². The third-order valence-corrected chi connectivity index (χ3v) is 0.400. The maximum absolute atomic E-state index is 9.87. The molecule has 0 aromatic carbocycles. The van der Waals surface area contributed by atoms with Gasteiger partial charge in [-0.3, -0.25) is 9.59 Å². The predicted octanol–water partition coefficient (Wildman–Crippen LogP) is -1.72. The van der Waals surface area contributed by atoms with Gasteiger partial charge in [-0.2, -0.15) is 0 Å². The highest BCUT2D eigenvalue weighted by atomic mass is 28.2. The van der Waals surface area contributed by atoms with Crippen LogP contribution in [-0.4, -0.2) is 27.3 Å². The first-order chi connectivity index (χ1) is 4.13. The molecule has 0 heterocycles. The Labute approximate surface area is 56.5 Å². The first-order valence-corrected chi connectivity index (χ1v) is 3.57. The van der Waals surface area contributed by atoms with E-state index in [4.69, 9.17) is 5.11 Å². The number of Topliss-reactive ketones (excluding diaryl/α,β-unsaturated/α-hetero) is 1. The number of carbonyl (C=O) groups excluding carboxylic acids is 1. The maximum atomic E-state index is 9.87. The number of carbonyl (C=O) groups is 2. The molecule has 5 heteroatoms. The molecule has 0 aromatic rings. The average molecular weight is 149 g/mol. The highest BCUT2D eigenvalue weighted by molar-refractivity contribution is 6.02. The molecule has 0 fully saturated rings. The van der Waals surface area contributed by atoms with Crippen LogP contribution in [0.1, 0.15) is 13.3 Å². The maximum Gasteiger partial charge on any atom is 0.310 e. The van der Waals surface area contributed by atoms with Crippen LogP contribution in [0.3, 0.4) is 0 Å². The first-order valence-electron chi connectivity index (χ1n) is 2.42. The number of rotatable bonds is 2. The van der Waals surface area contributed by atoms with E-state index in [1.165, 1.54) is 6.92 Å². The monoisotopic (exact) mass is 149 g/mol. The zero-order valence-electron chi connectivity index (χ0n) is 5.55. The lowest BCUT2D eigenvalue weighted by Gasteiger charge is -1.80. The van der Waals surface area contributed by atoms with Gasteiger partial charge in [0.15, 0.2) is 0 Å². The Bertz CT molecular complexity index is 92.0. The molecule has 4 nitrogen and oxygen atoms in total. The summed E-state index contributed by atoms with van der Waals surface area (Å²) in [4.78, 5) is 19.5. The Kier molecular flexibility index (Phi) is 9.07. The molecule has 0 atom stereocenters. The van der Waals surface area contributed by atoms with Gasteiger partial charge < -0.3 is 10.5 Å². The van der Waals surface area contributed by atoms with Crippen LogP contribution in [-0.2, 0) is 9.59 Å². The number of hydrogen-bond donors (Lipinski definition) is 2. The predicted molar refractivity (Wildman–Crippen MR) is 37.1 cm³/mol. The smallest absolute Gasteiger partial charge is 0.310 e. The summed E-state index contributed by atoms with van der Waals surface area (Å²) < 4.78 is 0. The number of aliphatic carboxylic acids is 1. The van der Waals surface area contributed by atoms with Gasteiger partial charge in [0, 0.05) is 0 Å². The summed E-state index contributed by atoms with van der Waals surface area (Å²) in [6.07, 6.45) is -0.361. The van der Waals surface area contributed by atoms with Gasteiger partial charge >= 0.3 is 5.97 Å². The van der Waals surface area contributed by atoms with E-state index in [1.807, 2.05) is 0 Å². The second-order valence-corrected chi connectivity index (χ2v) is 1.27. The van der Waals surface area contributed by atoms with Gasteiger partial charge in [0.1, 0.15) is 12.2 Å². The molecule has 0 aliphatic heterocycles. The number of hydrogen-bond acceptors (Lipinski definition) is 3. The molecule has 0 aromatic heterocycles. The number of ketones is 1. The van der Waals surface area contributed by atoms with Gasteiger partial charge in [-0.1, -0.05) is 0 Å². The Morgan fingerprint density at radius 2 is 1.89 bits per heavy atom. The first kappa shape index (κ1) is 11.2. The molecule has 0 bridgehead atoms. The van der Waals surface area contributed by atoms with Crippen LogP contribution in [0, 0.1) is 0 Å². The van der Waals surface area contributed by atoms with E-state index in [0.717, 1.165) is 10.4 Å². The minimum absolute atomic E-state index is 0.312. The Morgan fingerprint density at radius 1 is 1.56 bits per heavy atom. The fourth-order valence-electron chi connectivity index (χ4n) is 0.213. The van der Waals surface area contributed by atoms with Crippen molar-refractivity contribution in [2.45, 2.75) is 13.3 Å². The zero-order chi connectivity index (χ0) is 7.86. The van der Waals surface area contributed by atoms with E-state index in [1.54, 1.807) is 0 Å². The normalized spacial score (nSPS) is 7.33.